The van der Waals surface area contributed by atoms with Gasteiger partial charge in [-0.15, -0.1) is 0 Å². The Labute approximate surface area is 99.9 Å². The lowest BCUT2D eigenvalue weighted by molar-refractivity contribution is 0.0125. The fourth-order valence-corrected chi connectivity index (χ4v) is 3.28. The van der Waals surface area contributed by atoms with Gasteiger partial charge in [-0.3, -0.25) is 0 Å². The van der Waals surface area contributed by atoms with Gasteiger partial charge in [0, 0.05) is 17.5 Å². The highest BCUT2D eigenvalue weighted by molar-refractivity contribution is 14.1. The molecule has 3 heteroatoms. The number of hydrogen-bond donors (Lipinski definition) is 0. The summed E-state index contributed by atoms with van der Waals surface area (Å²) in [6.45, 7) is 0. The summed E-state index contributed by atoms with van der Waals surface area (Å²) in [7, 11) is 1.85. The number of alkyl halides is 1. The zero-order chi connectivity index (χ0) is 9.97. The molecule has 4 atom stereocenters. The Morgan fingerprint density at radius 2 is 2.14 bits per heavy atom. The highest BCUT2D eigenvalue weighted by Crippen LogP contribution is 2.41. The molecule has 0 N–H and O–H groups in total. The third kappa shape index (κ3) is 2.42. The summed E-state index contributed by atoms with van der Waals surface area (Å²) in [5, 5.41) is 0. The van der Waals surface area contributed by atoms with Crippen LogP contribution in [0.5, 0.6) is 0 Å². The van der Waals surface area contributed by atoms with Crippen LogP contribution in [-0.2, 0) is 9.47 Å². The summed E-state index contributed by atoms with van der Waals surface area (Å²) in [5.41, 5.74) is 0. The van der Waals surface area contributed by atoms with Crippen LogP contribution in [0.1, 0.15) is 32.1 Å². The first-order chi connectivity index (χ1) is 6.86. The van der Waals surface area contributed by atoms with Crippen LogP contribution < -0.4 is 0 Å². The molecule has 14 heavy (non-hydrogen) atoms. The van der Waals surface area contributed by atoms with Gasteiger partial charge < -0.3 is 9.47 Å². The van der Waals surface area contributed by atoms with E-state index in [-0.39, 0.29) is 0 Å². The molecule has 82 valence electrons. The fraction of sp³-hybridized carbons (Fsp3) is 1.00. The first-order valence-corrected chi connectivity index (χ1v) is 7.13. The molecular formula is C11H19IO2. The van der Waals surface area contributed by atoms with Crippen molar-refractivity contribution >= 4 is 22.6 Å². The Morgan fingerprint density at radius 1 is 1.36 bits per heavy atom. The normalized spacial score (nSPS) is 42.4. The minimum atomic E-state index is 0.466. The summed E-state index contributed by atoms with van der Waals surface area (Å²) in [5.74, 6) is 0.682. The molecule has 0 aromatic heterocycles. The SMILES string of the molecule is COC1CCCC[C@@H]1[C@H]1O[C@@H]1CCI. The fourth-order valence-electron chi connectivity index (χ4n) is 2.67. The van der Waals surface area contributed by atoms with Crippen molar-refractivity contribution in [2.24, 2.45) is 5.92 Å². The molecule has 0 bridgehead atoms. The van der Waals surface area contributed by atoms with Crippen molar-refractivity contribution in [3.63, 3.8) is 0 Å². The Bertz CT molecular complexity index is 186. The molecule has 2 nitrogen and oxygen atoms in total. The third-order valence-corrected chi connectivity index (χ3v) is 4.12. The Hall–Kier alpha value is 0.650. The monoisotopic (exact) mass is 310 g/mol. The van der Waals surface area contributed by atoms with E-state index in [1.54, 1.807) is 0 Å². The van der Waals surface area contributed by atoms with E-state index in [0.29, 0.717) is 24.2 Å². The van der Waals surface area contributed by atoms with Gasteiger partial charge in [0.25, 0.3) is 0 Å². The second-order valence-corrected chi connectivity index (χ2v) is 5.42. The predicted molar refractivity (Wildman–Crippen MR) is 64.9 cm³/mol. The summed E-state index contributed by atoms with van der Waals surface area (Å²) in [6.07, 6.45) is 7.99. The summed E-state index contributed by atoms with van der Waals surface area (Å²) < 4.78 is 12.5. The molecule has 1 aliphatic carbocycles. The van der Waals surface area contributed by atoms with E-state index in [1.165, 1.54) is 36.5 Å². The van der Waals surface area contributed by atoms with Gasteiger partial charge in [0.1, 0.15) is 0 Å². The van der Waals surface area contributed by atoms with E-state index < -0.39 is 0 Å². The molecule has 2 fully saturated rings. The molecular weight excluding hydrogens is 291 g/mol. The van der Waals surface area contributed by atoms with Crippen molar-refractivity contribution in [1.29, 1.82) is 0 Å². The zero-order valence-corrected chi connectivity index (χ0v) is 10.9. The first kappa shape index (κ1) is 11.1. The van der Waals surface area contributed by atoms with E-state index >= 15 is 0 Å². The quantitative estimate of drug-likeness (QED) is 0.452. The van der Waals surface area contributed by atoms with Gasteiger partial charge in [0.15, 0.2) is 0 Å². The molecule has 0 amide bonds. The van der Waals surface area contributed by atoms with Crippen LogP contribution in [-0.4, -0.2) is 29.8 Å². The van der Waals surface area contributed by atoms with Crippen LogP contribution in [0, 0.1) is 5.92 Å². The standard InChI is InChI=1S/C11H19IO2/c1-13-9-5-3-2-4-8(9)11-10(14-11)6-7-12/h8-11H,2-7H2,1H3/t8-,9?,10+,11+/m0/s1. The minimum absolute atomic E-state index is 0.466. The van der Waals surface area contributed by atoms with Gasteiger partial charge in [0.05, 0.1) is 18.3 Å². The average molecular weight is 310 g/mol. The highest BCUT2D eigenvalue weighted by atomic mass is 127. The number of methoxy groups -OCH3 is 1. The maximum absolute atomic E-state index is 5.74. The summed E-state index contributed by atoms with van der Waals surface area (Å²) >= 11 is 2.43. The maximum Gasteiger partial charge on any atom is 0.0894 e. The largest absolute Gasteiger partial charge is 0.381 e. The lowest BCUT2D eigenvalue weighted by Crippen LogP contribution is -2.31. The second-order valence-electron chi connectivity index (χ2n) is 4.34. The highest BCUT2D eigenvalue weighted by Gasteiger charge is 2.47. The van der Waals surface area contributed by atoms with E-state index in [1.807, 2.05) is 7.11 Å². The molecule has 1 saturated carbocycles. The van der Waals surface area contributed by atoms with Gasteiger partial charge in [-0.1, -0.05) is 35.4 Å². The van der Waals surface area contributed by atoms with Crippen molar-refractivity contribution in [1.82, 2.24) is 0 Å². The average Bonchev–Trinajstić information content (AvgIpc) is 2.98. The van der Waals surface area contributed by atoms with Crippen LogP contribution in [0.15, 0.2) is 0 Å². The molecule has 2 aliphatic rings. The van der Waals surface area contributed by atoms with Gasteiger partial charge in [-0.05, 0) is 19.3 Å². The number of rotatable bonds is 4. The molecule has 1 saturated heterocycles. The minimum Gasteiger partial charge on any atom is -0.381 e. The van der Waals surface area contributed by atoms with Gasteiger partial charge in [-0.2, -0.15) is 0 Å². The molecule has 2 rings (SSSR count). The topological polar surface area (TPSA) is 21.8 Å². The van der Waals surface area contributed by atoms with E-state index in [9.17, 15) is 0 Å². The van der Waals surface area contributed by atoms with Crippen molar-refractivity contribution in [2.75, 3.05) is 11.5 Å². The van der Waals surface area contributed by atoms with E-state index in [2.05, 4.69) is 22.6 Å². The van der Waals surface area contributed by atoms with Crippen molar-refractivity contribution in [2.45, 2.75) is 50.4 Å². The van der Waals surface area contributed by atoms with Gasteiger partial charge >= 0.3 is 0 Å². The number of epoxide rings is 1. The van der Waals surface area contributed by atoms with Crippen molar-refractivity contribution in [3.8, 4) is 0 Å². The van der Waals surface area contributed by atoms with Crippen LogP contribution in [0.2, 0.25) is 0 Å². The van der Waals surface area contributed by atoms with E-state index in [4.69, 9.17) is 9.47 Å². The Kier molecular flexibility index (Phi) is 4.08. The summed E-state index contributed by atoms with van der Waals surface area (Å²) in [4.78, 5) is 0. The molecule has 1 unspecified atom stereocenters. The van der Waals surface area contributed by atoms with Crippen molar-refractivity contribution in [3.05, 3.63) is 0 Å². The number of hydrogen-bond acceptors (Lipinski definition) is 2. The first-order valence-electron chi connectivity index (χ1n) is 5.61. The number of halogens is 1. The van der Waals surface area contributed by atoms with Crippen LogP contribution in [0.25, 0.3) is 0 Å². The van der Waals surface area contributed by atoms with Gasteiger partial charge in [0.2, 0.25) is 0 Å². The van der Waals surface area contributed by atoms with Crippen molar-refractivity contribution < 1.29 is 9.47 Å². The van der Waals surface area contributed by atoms with Crippen LogP contribution in [0.3, 0.4) is 0 Å². The zero-order valence-electron chi connectivity index (χ0n) is 8.75. The predicted octanol–water partition coefficient (Wildman–Crippen LogP) is 2.78. The van der Waals surface area contributed by atoms with Crippen LogP contribution >= 0.6 is 22.6 Å². The lowest BCUT2D eigenvalue weighted by atomic mass is 9.83. The molecule has 1 heterocycles. The van der Waals surface area contributed by atoms with Gasteiger partial charge in [-0.25, -0.2) is 0 Å². The maximum atomic E-state index is 5.74. The third-order valence-electron chi connectivity index (χ3n) is 3.49. The number of ether oxygens (including phenoxy) is 2. The Morgan fingerprint density at radius 3 is 2.86 bits per heavy atom. The van der Waals surface area contributed by atoms with E-state index in [0.717, 1.165) is 0 Å². The molecule has 0 spiro atoms. The Balaban J connectivity index is 1.83. The molecule has 1 aliphatic heterocycles. The molecule has 0 aromatic carbocycles. The smallest absolute Gasteiger partial charge is 0.0894 e. The molecule has 0 aromatic rings. The second kappa shape index (κ2) is 5.12. The summed E-state index contributed by atoms with van der Waals surface area (Å²) in [6, 6.07) is 0. The molecule has 0 radical (unpaired) electrons. The van der Waals surface area contributed by atoms with Crippen LogP contribution in [0.4, 0.5) is 0 Å². The lowest BCUT2D eigenvalue weighted by Gasteiger charge is -2.29.